The Hall–Kier alpha value is -1.11. The Balaban J connectivity index is 2.30. The smallest absolute Gasteiger partial charge is 0.219 e. The lowest BCUT2D eigenvalue weighted by Gasteiger charge is -2.10. The molecule has 0 fully saturated rings. The predicted octanol–water partition coefficient (Wildman–Crippen LogP) is 3.90. The molecule has 2 rings (SSSR count). The average Bonchev–Trinajstić information content (AvgIpc) is 2.42. The first-order chi connectivity index (χ1) is 9.13. The normalized spacial score (nSPS) is 10.3. The van der Waals surface area contributed by atoms with Gasteiger partial charge in [-0.15, -0.1) is 0 Å². The lowest BCUT2D eigenvalue weighted by molar-refractivity contribution is 0.275. The van der Waals surface area contributed by atoms with Crippen LogP contribution in [-0.2, 0) is 6.61 Å². The highest BCUT2D eigenvalue weighted by Gasteiger charge is 2.10. The Kier molecular flexibility index (Phi) is 4.79. The van der Waals surface area contributed by atoms with E-state index in [0.29, 0.717) is 23.1 Å². The van der Waals surface area contributed by atoms with Gasteiger partial charge >= 0.3 is 0 Å². The van der Waals surface area contributed by atoms with Crippen LogP contribution in [0.2, 0.25) is 0 Å². The fraction of sp³-hybridized carbons (Fsp3) is 0.154. The van der Waals surface area contributed by atoms with Crippen LogP contribution in [0.3, 0.4) is 0 Å². The van der Waals surface area contributed by atoms with E-state index in [1.54, 1.807) is 37.4 Å². The van der Waals surface area contributed by atoms with Crippen molar-refractivity contribution in [3.8, 4) is 17.4 Å². The summed E-state index contributed by atoms with van der Waals surface area (Å²) in [5.74, 6) is 1.73. The largest absolute Gasteiger partial charge is 0.496 e. The van der Waals surface area contributed by atoms with E-state index in [4.69, 9.17) is 14.6 Å². The van der Waals surface area contributed by atoms with Crippen molar-refractivity contribution in [2.75, 3.05) is 7.11 Å². The number of rotatable bonds is 4. The summed E-state index contributed by atoms with van der Waals surface area (Å²) in [7, 11) is 1.60. The molecule has 1 aromatic carbocycles. The number of hydrogen-bond acceptors (Lipinski definition) is 4. The highest BCUT2D eigenvalue weighted by atomic mass is 79.9. The molecule has 0 atom stereocenters. The third-order valence-corrected chi connectivity index (χ3v) is 3.60. The molecular formula is C13H11Br2NO3. The van der Waals surface area contributed by atoms with Gasteiger partial charge in [-0.3, -0.25) is 0 Å². The molecule has 2 aromatic rings. The number of aliphatic hydroxyl groups excluding tert-OH is 1. The topological polar surface area (TPSA) is 51.6 Å². The van der Waals surface area contributed by atoms with E-state index < -0.39 is 0 Å². The lowest BCUT2D eigenvalue weighted by Crippen LogP contribution is -1.94. The Morgan fingerprint density at radius 2 is 1.84 bits per heavy atom. The summed E-state index contributed by atoms with van der Waals surface area (Å²) in [6, 6.07) is 8.82. The molecule has 19 heavy (non-hydrogen) atoms. The highest BCUT2D eigenvalue weighted by molar-refractivity contribution is 9.11. The number of aromatic nitrogens is 1. The number of halogens is 2. The van der Waals surface area contributed by atoms with Crippen molar-refractivity contribution >= 4 is 31.9 Å². The second-order valence-electron chi connectivity index (χ2n) is 3.64. The Labute approximate surface area is 127 Å². The van der Waals surface area contributed by atoms with E-state index in [-0.39, 0.29) is 6.61 Å². The predicted molar refractivity (Wildman–Crippen MR) is 78.6 cm³/mol. The van der Waals surface area contributed by atoms with Crippen molar-refractivity contribution < 1.29 is 14.6 Å². The van der Waals surface area contributed by atoms with E-state index >= 15 is 0 Å². The molecule has 1 aromatic heterocycles. The van der Waals surface area contributed by atoms with E-state index in [9.17, 15) is 0 Å². The first-order valence-corrected chi connectivity index (χ1v) is 7.00. The second-order valence-corrected chi connectivity index (χ2v) is 5.35. The fourth-order valence-corrected chi connectivity index (χ4v) is 2.35. The van der Waals surface area contributed by atoms with Gasteiger partial charge < -0.3 is 14.6 Å². The van der Waals surface area contributed by atoms with Gasteiger partial charge in [0.15, 0.2) is 0 Å². The van der Waals surface area contributed by atoms with Crippen molar-refractivity contribution in [1.82, 2.24) is 4.98 Å². The van der Waals surface area contributed by atoms with Gasteiger partial charge in [0.05, 0.1) is 28.4 Å². The van der Waals surface area contributed by atoms with Gasteiger partial charge in [-0.05, 0) is 50.1 Å². The van der Waals surface area contributed by atoms with Gasteiger partial charge in [-0.25, -0.2) is 4.98 Å². The zero-order valence-electron chi connectivity index (χ0n) is 10.1. The first-order valence-electron chi connectivity index (χ1n) is 5.41. The Morgan fingerprint density at radius 1 is 1.16 bits per heavy atom. The third-order valence-electron chi connectivity index (χ3n) is 2.36. The van der Waals surface area contributed by atoms with Crippen LogP contribution in [0.15, 0.2) is 39.3 Å². The maximum Gasteiger partial charge on any atom is 0.219 e. The van der Waals surface area contributed by atoms with E-state index in [0.717, 1.165) is 8.95 Å². The molecule has 0 aliphatic carbocycles. The van der Waals surface area contributed by atoms with Crippen LogP contribution in [0.5, 0.6) is 17.4 Å². The van der Waals surface area contributed by atoms with Crippen LogP contribution >= 0.6 is 31.9 Å². The molecule has 0 aliphatic heterocycles. The second kappa shape index (κ2) is 6.36. The molecule has 0 amide bonds. The number of hydrogen-bond donors (Lipinski definition) is 1. The summed E-state index contributed by atoms with van der Waals surface area (Å²) in [5, 5.41) is 9.04. The van der Waals surface area contributed by atoms with Gasteiger partial charge in [-0.2, -0.15) is 0 Å². The number of methoxy groups -OCH3 is 1. The summed E-state index contributed by atoms with van der Waals surface area (Å²) < 4.78 is 12.4. The van der Waals surface area contributed by atoms with Crippen LogP contribution < -0.4 is 9.47 Å². The molecule has 0 spiro atoms. The fourth-order valence-electron chi connectivity index (χ4n) is 1.46. The first kappa shape index (κ1) is 14.3. The molecule has 1 heterocycles. The summed E-state index contributed by atoms with van der Waals surface area (Å²) in [6.45, 7) is -0.120. The zero-order chi connectivity index (χ0) is 13.8. The van der Waals surface area contributed by atoms with Gasteiger partial charge in [-0.1, -0.05) is 6.07 Å². The summed E-state index contributed by atoms with van der Waals surface area (Å²) in [5.41, 5.74) is 0.557. The minimum Gasteiger partial charge on any atom is -0.496 e. The maximum absolute atomic E-state index is 9.04. The van der Waals surface area contributed by atoms with Crippen LogP contribution in [0, 0.1) is 0 Å². The van der Waals surface area contributed by atoms with E-state index in [1.165, 1.54) is 0 Å². The Morgan fingerprint density at radius 3 is 2.53 bits per heavy atom. The molecule has 0 saturated heterocycles. The third kappa shape index (κ3) is 3.46. The van der Waals surface area contributed by atoms with Gasteiger partial charge in [0.2, 0.25) is 5.88 Å². The molecule has 1 N–H and O–H groups in total. The molecule has 0 unspecified atom stereocenters. The van der Waals surface area contributed by atoms with Crippen LogP contribution in [0.4, 0.5) is 0 Å². The maximum atomic E-state index is 9.04. The highest BCUT2D eigenvalue weighted by Crippen LogP contribution is 2.37. The SMILES string of the molecule is COc1cc(Br)c(Oc2cccc(CO)n2)cc1Br. The number of nitrogens with zero attached hydrogens (tertiary/aromatic N) is 1. The number of aliphatic hydroxyl groups is 1. The van der Waals surface area contributed by atoms with Crippen molar-refractivity contribution in [3.63, 3.8) is 0 Å². The molecule has 0 radical (unpaired) electrons. The van der Waals surface area contributed by atoms with E-state index in [1.807, 2.05) is 0 Å². The molecule has 0 aliphatic rings. The monoisotopic (exact) mass is 387 g/mol. The minimum atomic E-state index is -0.120. The van der Waals surface area contributed by atoms with Crippen molar-refractivity contribution in [2.24, 2.45) is 0 Å². The molecule has 4 nitrogen and oxygen atoms in total. The minimum absolute atomic E-state index is 0.120. The number of ether oxygens (including phenoxy) is 2. The van der Waals surface area contributed by atoms with Crippen molar-refractivity contribution in [1.29, 1.82) is 0 Å². The summed E-state index contributed by atoms with van der Waals surface area (Å²) in [4.78, 5) is 4.16. The molecule has 6 heteroatoms. The van der Waals surface area contributed by atoms with Crippen molar-refractivity contribution in [3.05, 3.63) is 45.0 Å². The quantitative estimate of drug-likeness (QED) is 0.862. The Bertz CT molecular complexity index is 590. The summed E-state index contributed by atoms with van der Waals surface area (Å²) in [6.07, 6.45) is 0. The zero-order valence-corrected chi connectivity index (χ0v) is 13.2. The van der Waals surface area contributed by atoms with Crippen LogP contribution in [0.1, 0.15) is 5.69 Å². The molecule has 0 saturated carbocycles. The average molecular weight is 389 g/mol. The number of pyridine rings is 1. The van der Waals surface area contributed by atoms with Gasteiger partial charge in [0.1, 0.15) is 11.5 Å². The summed E-state index contributed by atoms with van der Waals surface area (Å²) >= 11 is 6.81. The molecular weight excluding hydrogens is 378 g/mol. The van der Waals surface area contributed by atoms with Crippen molar-refractivity contribution in [2.45, 2.75) is 6.61 Å². The molecule has 100 valence electrons. The van der Waals surface area contributed by atoms with E-state index in [2.05, 4.69) is 36.8 Å². The van der Waals surface area contributed by atoms with Gasteiger partial charge in [0.25, 0.3) is 0 Å². The molecule has 0 bridgehead atoms. The van der Waals surface area contributed by atoms with Crippen LogP contribution in [-0.4, -0.2) is 17.2 Å². The lowest BCUT2D eigenvalue weighted by atomic mass is 10.3. The van der Waals surface area contributed by atoms with Crippen LogP contribution in [0.25, 0.3) is 0 Å². The standard InChI is InChI=1S/C13H11Br2NO3/c1-18-11-5-10(15)12(6-9(11)14)19-13-4-2-3-8(7-17)16-13/h2-6,17H,7H2,1H3. The van der Waals surface area contributed by atoms with Gasteiger partial charge in [0, 0.05) is 6.07 Å². The number of benzene rings is 1.